The number of rotatable bonds is 6. The number of nitrogens with one attached hydrogen (secondary N) is 1. The maximum absolute atomic E-state index is 10.9. The fourth-order valence-electron chi connectivity index (χ4n) is 3.15. The molecule has 0 radical (unpaired) electrons. The zero-order chi connectivity index (χ0) is 20.1. The fourth-order valence-corrected chi connectivity index (χ4v) is 3.15. The van der Waals surface area contributed by atoms with Crippen LogP contribution in [0, 0.1) is 0 Å². The van der Waals surface area contributed by atoms with Crippen LogP contribution in [0.1, 0.15) is 29.6 Å². The number of hydrogen-bond acceptors (Lipinski definition) is 7. The molecule has 1 aliphatic rings. The highest BCUT2D eigenvalue weighted by atomic mass is 16.5. The first-order valence-corrected chi connectivity index (χ1v) is 9.50. The molecule has 3 aromatic rings. The van der Waals surface area contributed by atoms with Crippen molar-refractivity contribution >= 4 is 23.4 Å². The number of piperidine rings is 1. The van der Waals surface area contributed by atoms with Crippen molar-refractivity contribution in [3.63, 3.8) is 0 Å². The van der Waals surface area contributed by atoms with Crippen LogP contribution in [0.5, 0.6) is 11.6 Å². The van der Waals surface area contributed by atoms with Crippen LogP contribution in [0.15, 0.2) is 54.9 Å². The number of carboxylic acid groups (broad SMARTS) is 1. The second kappa shape index (κ2) is 8.55. The molecule has 0 spiro atoms. The van der Waals surface area contributed by atoms with Crippen LogP contribution in [0.2, 0.25) is 0 Å². The van der Waals surface area contributed by atoms with Crippen LogP contribution >= 0.6 is 0 Å². The lowest BCUT2D eigenvalue weighted by Gasteiger charge is -2.27. The Kier molecular flexibility index (Phi) is 5.51. The summed E-state index contributed by atoms with van der Waals surface area (Å²) in [5, 5.41) is 12.1. The summed E-state index contributed by atoms with van der Waals surface area (Å²) in [6, 6.07) is 11.5. The standard InChI is InChI=1S/C21H21N5O3/c27-21(28)15-7-9-16(10-8-15)29-20-6-4-5-17(25-20)23-18-13-22-14-19(24-18)26-11-2-1-3-12-26/h4-10,13-14H,1-3,11-12H2,(H,27,28)(H,23,24,25). The summed E-state index contributed by atoms with van der Waals surface area (Å²) in [5.41, 5.74) is 0.202. The zero-order valence-corrected chi connectivity index (χ0v) is 15.8. The van der Waals surface area contributed by atoms with Gasteiger partial charge in [-0.15, -0.1) is 0 Å². The summed E-state index contributed by atoms with van der Waals surface area (Å²) < 4.78 is 5.72. The quantitative estimate of drug-likeness (QED) is 0.648. The van der Waals surface area contributed by atoms with Gasteiger partial charge in [0.2, 0.25) is 5.88 Å². The van der Waals surface area contributed by atoms with Crippen molar-refractivity contribution in [2.45, 2.75) is 19.3 Å². The molecule has 2 N–H and O–H groups in total. The first kappa shape index (κ1) is 18.7. The van der Waals surface area contributed by atoms with E-state index in [0.717, 1.165) is 18.9 Å². The van der Waals surface area contributed by atoms with Crippen molar-refractivity contribution < 1.29 is 14.6 Å². The van der Waals surface area contributed by atoms with E-state index in [9.17, 15) is 4.79 Å². The minimum atomic E-state index is -0.978. The van der Waals surface area contributed by atoms with E-state index in [-0.39, 0.29) is 5.56 Å². The van der Waals surface area contributed by atoms with Crippen molar-refractivity contribution in [3.8, 4) is 11.6 Å². The van der Waals surface area contributed by atoms with Crippen LogP contribution in [-0.2, 0) is 0 Å². The van der Waals surface area contributed by atoms with Gasteiger partial charge in [0, 0.05) is 19.2 Å². The van der Waals surface area contributed by atoms with E-state index >= 15 is 0 Å². The van der Waals surface area contributed by atoms with Crippen LogP contribution in [0.4, 0.5) is 17.5 Å². The van der Waals surface area contributed by atoms with Gasteiger partial charge in [0.05, 0.1) is 18.0 Å². The van der Waals surface area contributed by atoms with Crippen molar-refractivity contribution in [2.75, 3.05) is 23.3 Å². The molecule has 4 rings (SSSR count). The van der Waals surface area contributed by atoms with Crippen molar-refractivity contribution in [3.05, 3.63) is 60.4 Å². The maximum atomic E-state index is 10.9. The lowest BCUT2D eigenvalue weighted by molar-refractivity contribution is 0.0697. The topological polar surface area (TPSA) is 100 Å². The maximum Gasteiger partial charge on any atom is 0.335 e. The lowest BCUT2D eigenvalue weighted by Crippen LogP contribution is -2.30. The number of carboxylic acids is 1. The first-order chi connectivity index (χ1) is 14.2. The molecule has 148 valence electrons. The van der Waals surface area contributed by atoms with E-state index < -0.39 is 5.97 Å². The van der Waals surface area contributed by atoms with Crippen molar-refractivity contribution in [1.82, 2.24) is 15.0 Å². The molecule has 1 fully saturated rings. The Balaban J connectivity index is 1.45. The Bertz CT molecular complexity index is 988. The van der Waals surface area contributed by atoms with Gasteiger partial charge in [0.25, 0.3) is 0 Å². The van der Waals surface area contributed by atoms with E-state index in [1.807, 2.05) is 12.1 Å². The number of aromatic nitrogens is 3. The molecule has 8 heteroatoms. The van der Waals surface area contributed by atoms with Gasteiger partial charge in [-0.1, -0.05) is 6.07 Å². The second-order valence-electron chi connectivity index (χ2n) is 6.73. The van der Waals surface area contributed by atoms with E-state index in [1.165, 1.54) is 31.4 Å². The largest absolute Gasteiger partial charge is 0.478 e. The van der Waals surface area contributed by atoms with Gasteiger partial charge in [-0.05, 0) is 49.6 Å². The van der Waals surface area contributed by atoms with Gasteiger partial charge in [-0.25, -0.2) is 9.78 Å². The lowest BCUT2D eigenvalue weighted by atomic mass is 10.1. The SMILES string of the molecule is O=C(O)c1ccc(Oc2cccc(Nc3cncc(N4CCCCC4)n3)n2)cc1. The number of ether oxygens (including phenoxy) is 1. The van der Waals surface area contributed by atoms with Crippen molar-refractivity contribution in [1.29, 1.82) is 0 Å². The summed E-state index contributed by atoms with van der Waals surface area (Å²) in [6.45, 7) is 2.00. The summed E-state index contributed by atoms with van der Waals surface area (Å²) >= 11 is 0. The fraction of sp³-hybridized carbons (Fsp3) is 0.238. The predicted octanol–water partition coefficient (Wildman–Crippen LogP) is 4.10. The molecule has 1 saturated heterocycles. The Hall–Kier alpha value is -3.68. The molecule has 29 heavy (non-hydrogen) atoms. The average Bonchev–Trinajstić information content (AvgIpc) is 2.75. The highest BCUT2D eigenvalue weighted by Gasteiger charge is 2.13. The third kappa shape index (κ3) is 4.78. The number of aromatic carboxylic acids is 1. The first-order valence-electron chi connectivity index (χ1n) is 9.50. The molecule has 0 bridgehead atoms. The van der Waals surface area contributed by atoms with Crippen LogP contribution in [0.3, 0.4) is 0 Å². The van der Waals surface area contributed by atoms with E-state index in [2.05, 4.69) is 25.2 Å². The van der Waals surface area contributed by atoms with Gasteiger partial charge in [-0.2, -0.15) is 4.98 Å². The molecule has 1 aliphatic heterocycles. The van der Waals surface area contributed by atoms with E-state index in [4.69, 9.17) is 9.84 Å². The smallest absolute Gasteiger partial charge is 0.335 e. The number of anilines is 3. The van der Waals surface area contributed by atoms with E-state index in [0.29, 0.717) is 23.3 Å². The van der Waals surface area contributed by atoms with Gasteiger partial charge >= 0.3 is 5.97 Å². The van der Waals surface area contributed by atoms with Gasteiger partial charge in [0.15, 0.2) is 5.82 Å². The Morgan fingerprint density at radius 2 is 1.76 bits per heavy atom. The monoisotopic (exact) mass is 391 g/mol. The minimum absolute atomic E-state index is 0.202. The zero-order valence-electron chi connectivity index (χ0n) is 15.8. The summed E-state index contributed by atoms with van der Waals surface area (Å²) in [7, 11) is 0. The molecule has 1 aromatic carbocycles. The Morgan fingerprint density at radius 1 is 0.966 bits per heavy atom. The van der Waals surface area contributed by atoms with Crippen molar-refractivity contribution in [2.24, 2.45) is 0 Å². The highest BCUT2D eigenvalue weighted by molar-refractivity contribution is 5.87. The molecule has 3 heterocycles. The second-order valence-corrected chi connectivity index (χ2v) is 6.73. The third-order valence-electron chi connectivity index (χ3n) is 4.61. The third-order valence-corrected chi connectivity index (χ3v) is 4.61. The molecule has 0 unspecified atom stereocenters. The van der Waals surface area contributed by atoms with Gasteiger partial charge in [0.1, 0.15) is 17.4 Å². The molecule has 8 nitrogen and oxygen atoms in total. The molecule has 0 aliphatic carbocycles. The molecule has 0 atom stereocenters. The van der Waals surface area contributed by atoms with Gasteiger partial charge < -0.3 is 20.1 Å². The van der Waals surface area contributed by atoms with Crippen LogP contribution < -0.4 is 15.0 Å². The minimum Gasteiger partial charge on any atom is -0.478 e. The number of carbonyl (C=O) groups is 1. The number of pyridine rings is 1. The number of benzene rings is 1. The molecule has 0 amide bonds. The summed E-state index contributed by atoms with van der Waals surface area (Å²) in [6.07, 6.45) is 7.05. The molecule has 2 aromatic heterocycles. The molecular weight excluding hydrogens is 370 g/mol. The number of nitrogens with zero attached hydrogens (tertiary/aromatic N) is 4. The van der Waals surface area contributed by atoms with Crippen LogP contribution in [-0.4, -0.2) is 39.1 Å². The molecule has 0 saturated carbocycles. The number of hydrogen-bond donors (Lipinski definition) is 2. The highest BCUT2D eigenvalue weighted by Crippen LogP contribution is 2.23. The van der Waals surface area contributed by atoms with E-state index in [1.54, 1.807) is 30.6 Å². The average molecular weight is 391 g/mol. The Morgan fingerprint density at radius 3 is 2.52 bits per heavy atom. The van der Waals surface area contributed by atoms with Crippen LogP contribution in [0.25, 0.3) is 0 Å². The summed E-state index contributed by atoms with van der Waals surface area (Å²) in [4.78, 5) is 26.6. The normalized spacial score (nSPS) is 13.7. The van der Waals surface area contributed by atoms with Gasteiger partial charge in [-0.3, -0.25) is 4.98 Å². The summed E-state index contributed by atoms with van der Waals surface area (Å²) in [5.74, 6) is 1.97. The predicted molar refractivity (Wildman–Crippen MR) is 109 cm³/mol. The molecular formula is C21H21N5O3. The Labute approximate surface area is 168 Å².